The lowest BCUT2D eigenvalue weighted by Gasteiger charge is -2.36. The van der Waals surface area contributed by atoms with Gasteiger partial charge >= 0.3 is 6.09 Å². The first-order chi connectivity index (χ1) is 19.2. The van der Waals surface area contributed by atoms with Gasteiger partial charge in [0.05, 0.1) is 13.2 Å². The molecule has 3 fully saturated rings. The van der Waals surface area contributed by atoms with Crippen LogP contribution in [0.4, 0.5) is 4.79 Å². The van der Waals surface area contributed by atoms with Gasteiger partial charge < -0.3 is 28.6 Å². The summed E-state index contributed by atoms with van der Waals surface area (Å²) in [6.45, 7) is 8.55. The van der Waals surface area contributed by atoms with Crippen LogP contribution in [0.3, 0.4) is 0 Å². The Bertz CT molecular complexity index is 1180. The number of carbonyl (C=O) groups excluding carboxylic acids is 2. The number of fused-ring (bicyclic) bond motifs is 1. The van der Waals surface area contributed by atoms with E-state index in [1.54, 1.807) is 12.0 Å². The molecule has 2 aliphatic carbocycles. The normalized spacial score (nSPS) is 20.6. The molecule has 5 rings (SSSR count). The summed E-state index contributed by atoms with van der Waals surface area (Å²) in [5.74, 6) is 0.487. The van der Waals surface area contributed by atoms with Crippen LogP contribution >= 0.6 is 0 Å². The monoisotopic (exact) mass is 554 g/mol. The van der Waals surface area contributed by atoms with Crippen LogP contribution in [-0.2, 0) is 32.1 Å². The van der Waals surface area contributed by atoms with E-state index >= 15 is 0 Å². The summed E-state index contributed by atoms with van der Waals surface area (Å²) in [6.07, 6.45) is 12.2. The highest BCUT2D eigenvalue weighted by atomic mass is 16.6. The van der Waals surface area contributed by atoms with Gasteiger partial charge in [-0.1, -0.05) is 19.3 Å². The Morgan fingerprint density at radius 3 is 2.62 bits per heavy atom. The van der Waals surface area contributed by atoms with E-state index in [-0.39, 0.29) is 18.5 Å². The number of amides is 2. The Labute approximate surface area is 238 Å². The van der Waals surface area contributed by atoms with E-state index in [0.29, 0.717) is 32.2 Å². The average molecular weight is 555 g/mol. The van der Waals surface area contributed by atoms with Gasteiger partial charge in [0.25, 0.3) is 5.91 Å². The van der Waals surface area contributed by atoms with Crippen molar-refractivity contribution in [3.05, 3.63) is 29.6 Å². The Kier molecular flexibility index (Phi) is 9.00. The molecule has 220 valence electrons. The van der Waals surface area contributed by atoms with Crippen LogP contribution in [0.5, 0.6) is 0 Å². The molecule has 2 aromatic rings. The van der Waals surface area contributed by atoms with Crippen molar-refractivity contribution in [1.29, 1.82) is 0 Å². The lowest BCUT2D eigenvalue weighted by molar-refractivity contribution is -0.150. The van der Waals surface area contributed by atoms with Gasteiger partial charge in [-0.2, -0.15) is 0 Å². The first-order valence-corrected chi connectivity index (χ1v) is 15.1. The highest BCUT2D eigenvalue weighted by Gasteiger charge is 2.40. The van der Waals surface area contributed by atoms with E-state index in [2.05, 4.69) is 16.8 Å². The number of pyridine rings is 1. The van der Waals surface area contributed by atoms with Crippen molar-refractivity contribution >= 4 is 23.0 Å². The molecule has 0 unspecified atom stereocenters. The number of aromatic nitrogens is 2. The molecule has 9 nitrogen and oxygen atoms in total. The van der Waals surface area contributed by atoms with Gasteiger partial charge in [-0.05, 0) is 76.0 Å². The Morgan fingerprint density at radius 1 is 1.15 bits per heavy atom. The maximum absolute atomic E-state index is 14.0. The molecule has 3 heterocycles. The van der Waals surface area contributed by atoms with Crippen LogP contribution in [0, 0.1) is 0 Å². The third-order valence-corrected chi connectivity index (χ3v) is 8.27. The predicted octanol–water partition coefficient (Wildman–Crippen LogP) is 5.25. The molecule has 1 atom stereocenters. The zero-order valence-electron chi connectivity index (χ0n) is 24.7. The third-order valence-electron chi connectivity index (χ3n) is 8.27. The summed E-state index contributed by atoms with van der Waals surface area (Å²) in [7, 11) is 1.73. The molecule has 1 aliphatic heterocycles. The summed E-state index contributed by atoms with van der Waals surface area (Å²) < 4.78 is 19.1. The predicted molar refractivity (Wildman–Crippen MR) is 153 cm³/mol. The minimum Gasteiger partial charge on any atom is -0.444 e. The molecule has 3 aliphatic rings. The molecule has 1 saturated heterocycles. The topological polar surface area (TPSA) is 86.1 Å². The van der Waals surface area contributed by atoms with E-state index in [0.717, 1.165) is 37.0 Å². The van der Waals surface area contributed by atoms with Crippen LogP contribution in [0.25, 0.3) is 11.0 Å². The molecule has 0 spiro atoms. The summed E-state index contributed by atoms with van der Waals surface area (Å²) in [6, 6.07) is 2.41. The van der Waals surface area contributed by atoms with Gasteiger partial charge in [0, 0.05) is 57.2 Å². The largest absolute Gasteiger partial charge is 0.444 e. The molecule has 0 radical (unpaired) electrons. The Balaban J connectivity index is 1.41. The summed E-state index contributed by atoms with van der Waals surface area (Å²) >= 11 is 0. The molecule has 2 aromatic heterocycles. The number of rotatable bonds is 9. The van der Waals surface area contributed by atoms with Crippen molar-refractivity contribution in [3.8, 4) is 0 Å². The second-order valence-electron chi connectivity index (χ2n) is 12.6. The maximum atomic E-state index is 14.0. The first-order valence-electron chi connectivity index (χ1n) is 15.1. The number of aryl methyl sites for hydroxylation is 1. The smallest absolute Gasteiger partial charge is 0.410 e. The lowest BCUT2D eigenvalue weighted by Crippen LogP contribution is -2.53. The number of hydrogen-bond donors (Lipinski definition) is 0. The minimum atomic E-state index is -0.687. The second-order valence-corrected chi connectivity index (χ2v) is 12.6. The fraction of sp³-hybridized carbons (Fsp3) is 0.710. The molecule has 0 bridgehead atoms. The quantitative estimate of drug-likeness (QED) is 0.394. The van der Waals surface area contributed by atoms with E-state index < -0.39 is 17.8 Å². The second kappa shape index (κ2) is 12.5. The SMILES string of the molecule is COCCCn1cc(CN(C(=O)[C@H]2CN(C(=O)OC(C)(C)C)CCO2)C2CC2)c2c(C3CCCCC3)ccnc21. The van der Waals surface area contributed by atoms with E-state index in [1.807, 2.05) is 31.9 Å². The third kappa shape index (κ3) is 6.79. The zero-order chi connectivity index (χ0) is 28.3. The van der Waals surface area contributed by atoms with Gasteiger partial charge in [0.15, 0.2) is 6.10 Å². The van der Waals surface area contributed by atoms with E-state index in [4.69, 9.17) is 19.2 Å². The molecule has 2 saturated carbocycles. The average Bonchev–Trinajstić information content (AvgIpc) is 3.73. The van der Waals surface area contributed by atoms with E-state index in [9.17, 15) is 9.59 Å². The molecule has 9 heteroatoms. The van der Waals surface area contributed by atoms with Gasteiger partial charge in [-0.15, -0.1) is 0 Å². The standard InChI is InChI=1S/C31H46N4O5/c1-31(2,3)40-30(37)34-16-18-39-26(21-34)29(36)35(24-11-12-24)20-23-19-33(15-8-17-38-4)28-27(23)25(13-14-32-28)22-9-6-5-7-10-22/h13-14,19,22,24,26H,5-12,15-18,20-21H2,1-4H3/t26-/m1/s1. The molecule has 0 aromatic carbocycles. The van der Waals surface area contributed by atoms with Crippen LogP contribution in [0.1, 0.15) is 89.2 Å². The number of hydrogen-bond acceptors (Lipinski definition) is 6. The van der Waals surface area contributed by atoms with Gasteiger partial charge in [0.1, 0.15) is 11.2 Å². The molecular formula is C31H46N4O5. The minimum absolute atomic E-state index is 0.0425. The Morgan fingerprint density at radius 2 is 1.93 bits per heavy atom. The van der Waals surface area contributed by atoms with Gasteiger partial charge in [-0.3, -0.25) is 4.79 Å². The molecule has 40 heavy (non-hydrogen) atoms. The van der Waals surface area contributed by atoms with Crippen molar-refractivity contribution in [2.75, 3.05) is 33.4 Å². The van der Waals surface area contributed by atoms with Crippen LogP contribution in [0.2, 0.25) is 0 Å². The van der Waals surface area contributed by atoms with Crippen LogP contribution in [0.15, 0.2) is 18.5 Å². The fourth-order valence-corrected chi connectivity index (χ4v) is 6.18. The maximum Gasteiger partial charge on any atom is 0.410 e. The lowest BCUT2D eigenvalue weighted by atomic mass is 9.83. The number of morpholine rings is 1. The number of nitrogens with zero attached hydrogens (tertiary/aromatic N) is 4. The Hall–Kier alpha value is -2.65. The summed E-state index contributed by atoms with van der Waals surface area (Å²) in [5.41, 5.74) is 2.94. The number of carbonyl (C=O) groups is 2. The van der Waals surface area contributed by atoms with Crippen molar-refractivity contribution < 1.29 is 23.8 Å². The first kappa shape index (κ1) is 28.9. The highest BCUT2D eigenvalue weighted by molar-refractivity contribution is 5.87. The van der Waals surface area contributed by atoms with Crippen molar-refractivity contribution in [1.82, 2.24) is 19.4 Å². The number of methoxy groups -OCH3 is 1. The highest BCUT2D eigenvalue weighted by Crippen LogP contribution is 2.39. The van der Waals surface area contributed by atoms with Crippen molar-refractivity contribution in [3.63, 3.8) is 0 Å². The van der Waals surface area contributed by atoms with Crippen molar-refractivity contribution in [2.24, 2.45) is 0 Å². The fourth-order valence-electron chi connectivity index (χ4n) is 6.18. The molecule has 0 N–H and O–H groups in total. The zero-order valence-corrected chi connectivity index (χ0v) is 24.7. The van der Waals surface area contributed by atoms with Crippen molar-refractivity contribution in [2.45, 2.75) is 109 Å². The summed E-state index contributed by atoms with van der Waals surface area (Å²) in [5, 5.41) is 1.21. The van der Waals surface area contributed by atoms with Crippen LogP contribution < -0.4 is 0 Å². The van der Waals surface area contributed by atoms with Crippen LogP contribution in [-0.4, -0.2) is 82.5 Å². The van der Waals surface area contributed by atoms with E-state index in [1.165, 1.54) is 43.1 Å². The van der Waals surface area contributed by atoms with Gasteiger partial charge in [0.2, 0.25) is 0 Å². The van der Waals surface area contributed by atoms with Gasteiger partial charge in [-0.25, -0.2) is 9.78 Å². The molecular weight excluding hydrogens is 508 g/mol. The summed E-state index contributed by atoms with van der Waals surface area (Å²) in [4.78, 5) is 35.1. The molecule has 2 amide bonds. The number of ether oxygens (including phenoxy) is 3.